The van der Waals surface area contributed by atoms with Crippen molar-refractivity contribution in [1.29, 1.82) is 0 Å². The lowest BCUT2D eigenvalue weighted by molar-refractivity contribution is -0.634. The average molecular weight is 423 g/mol. The molecular formula is C28H28N3O+. The first-order chi connectivity index (χ1) is 15.7. The molecule has 0 N–H and O–H groups in total. The van der Waals surface area contributed by atoms with E-state index < -0.39 is 0 Å². The molecule has 1 aliphatic rings. The largest absolute Gasteiger partial charge is 0.435 e. The minimum atomic E-state index is 0.510. The van der Waals surface area contributed by atoms with Gasteiger partial charge in [0.1, 0.15) is 17.1 Å². The van der Waals surface area contributed by atoms with Crippen LogP contribution in [0.25, 0.3) is 45.0 Å². The molecule has 6 rings (SSSR count). The third-order valence-electron chi connectivity index (χ3n) is 7.00. The van der Waals surface area contributed by atoms with Crippen LogP contribution in [0, 0.1) is 6.92 Å². The van der Waals surface area contributed by atoms with E-state index in [0.717, 1.165) is 22.2 Å². The van der Waals surface area contributed by atoms with Crippen molar-refractivity contribution >= 4 is 22.1 Å². The third kappa shape index (κ3) is 2.97. The summed E-state index contributed by atoms with van der Waals surface area (Å²) in [4.78, 5) is 4.85. The number of fused-ring (bicyclic) bond motifs is 2. The second-order valence-electron chi connectivity index (χ2n) is 9.02. The normalized spacial score (nSPS) is 15.1. The van der Waals surface area contributed by atoms with Gasteiger partial charge in [-0.3, -0.25) is 0 Å². The van der Waals surface area contributed by atoms with Gasteiger partial charge in [0.15, 0.2) is 16.6 Å². The van der Waals surface area contributed by atoms with Crippen LogP contribution in [0.4, 0.5) is 0 Å². The highest BCUT2D eigenvalue weighted by atomic mass is 16.3. The van der Waals surface area contributed by atoms with Crippen LogP contribution < -0.4 is 4.57 Å². The summed E-state index contributed by atoms with van der Waals surface area (Å²) in [6, 6.07) is 23.7. The molecule has 5 aromatic rings. The van der Waals surface area contributed by atoms with E-state index in [1.165, 1.54) is 54.5 Å². The number of benzene rings is 3. The van der Waals surface area contributed by atoms with E-state index in [2.05, 4.69) is 71.6 Å². The fourth-order valence-corrected chi connectivity index (χ4v) is 5.41. The fraction of sp³-hybridized carbons (Fsp3) is 0.286. The van der Waals surface area contributed by atoms with Gasteiger partial charge in [0.2, 0.25) is 5.89 Å². The Morgan fingerprint density at radius 3 is 2.47 bits per heavy atom. The first-order valence-electron chi connectivity index (χ1n) is 11.7. The molecule has 4 heteroatoms. The van der Waals surface area contributed by atoms with Crippen molar-refractivity contribution in [3.8, 4) is 22.8 Å². The number of hydrogen-bond donors (Lipinski definition) is 0. The molecule has 4 nitrogen and oxygen atoms in total. The Balaban J connectivity index is 1.65. The SMILES string of the molecule is Cc1ccc2nc(-c3ccccc3)oc2c1-c1n(C2CCCCC2)c2ccccc2[n+]1C. The molecule has 0 bridgehead atoms. The van der Waals surface area contributed by atoms with Gasteiger partial charge < -0.3 is 4.42 Å². The lowest BCUT2D eigenvalue weighted by Crippen LogP contribution is -2.31. The molecule has 160 valence electrons. The maximum atomic E-state index is 6.48. The molecule has 0 radical (unpaired) electrons. The van der Waals surface area contributed by atoms with Crippen molar-refractivity contribution in [3.63, 3.8) is 0 Å². The minimum Gasteiger partial charge on any atom is -0.435 e. The number of aromatic nitrogens is 3. The molecule has 0 aliphatic heterocycles. The first kappa shape index (κ1) is 19.3. The van der Waals surface area contributed by atoms with Gasteiger partial charge in [-0.1, -0.05) is 42.8 Å². The quantitative estimate of drug-likeness (QED) is 0.301. The molecule has 0 saturated heterocycles. The van der Waals surface area contributed by atoms with Crippen LogP contribution in [-0.4, -0.2) is 9.55 Å². The molecule has 0 atom stereocenters. The lowest BCUT2D eigenvalue weighted by atomic mass is 9.94. The fourth-order valence-electron chi connectivity index (χ4n) is 5.41. The summed E-state index contributed by atoms with van der Waals surface area (Å²) < 4.78 is 11.4. The van der Waals surface area contributed by atoms with Crippen molar-refractivity contribution in [2.45, 2.75) is 45.1 Å². The molecule has 0 amide bonds. The van der Waals surface area contributed by atoms with Crippen LogP contribution in [0.2, 0.25) is 0 Å². The summed E-state index contributed by atoms with van der Waals surface area (Å²) in [6.45, 7) is 2.18. The molecule has 1 saturated carbocycles. The number of nitrogens with zero attached hydrogens (tertiary/aromatic N) is 3. The van der Waals surface area contributed by atoms with Crippen LogP contribution in [0.5, 0.6) is 0 Å². The molecule has 2 aromatic heterocycles. The summed E-state index contributed by atoms with van der Waals surface area (Å²) in [7, 11) is 2.18. The van der Waals surface area contributed by atoms with E-state index in [-0.39, 0.29) is 0 Å². The molecule has 0 spiro atoms. The Morgan fingerprint density at radius 2 is 1.66 bits per heavy atom. The molecular weight excluding hydrogens is 394 g/mol. The monoisotopic (exact) mass is 422 g/mol. The Kier molecular flexibility index (Phi) is 4.60. The van der Waals surface area contributed by atoms with Gasteiger partial charge in [-0.2, -0.15) is 0 Å². The van der Waals surface area contributed by atoms with Gasteiger partial charge in [0.25, 0.3) is 5.82 Å². The highest BCUT2D eigenvalue weighted by Crippen LogP contribution is 2.39. The van der Waals surface area contributed by atoms with E-state index in [1.807, 2.05) is 18.2 Å². The maximum Gasteiger partial charge on any atom is 0.294 e. The average Bonchev–Trinajstić information content (AvgIpc) is 3.40. The Hall–Kier alpha value is -3.40. The van der Waals surface area contributed by atoms with E-state index in [9.17, 15) is 0 Å². The zero-order valence-corrected chi connectivity index (χ0v) is 18.7. The van der Waals surface area contributed by atoms with Crippen LogP contribution in [0.15, 0.2) is 71.1 Å². The molecule has 2 heterocycles. The zero-order valence-electron chi connectivity index (χ0n) is 18.7. The predicted octanol–water partition coefficient (Wildman–Crippen LogP) is 6.75. The first-order valence-corrected chi connectivity index (χ1v) is 11.7. The van der Waals surface area contributed by atoms with E-state index in [1.54, 1.807) is 0 Å². The topological polar surface area (TPSA) is 34.8 Å². The second-order valence-corrected chi connectivity index (χ2v) is 9.02. The third-order valence-corrected chi connectivity index (χ3v) is 7.00. The van der Waals surface area contributed by atoms with Crippen LogP contribution in [0.1, 0.15) is 43.7 Å². The number of oxazole rings is 1. The zero-order chi connectivity index (χ0) is 21.7. The highest BCUT2D eigenvalue weighted by Gasteiger charge is 2.33. The lowest BCUT2D eigenvalue weighted by Gasteiger charge is -2.21. The molecule has 1 fully saturated rings. The van der Waals surface area contributed by atoms with Gasteiger partial charge in [0, 0.05) is 5.56 Å². The van der Waals surface area contributed by atoms with Crippen LogP contribution >= 0.6 is 0 Å². The number of para-hydroxylation sites is 2. The summed E-state index contributed by atoms with van der Waals surface area (Å²) in [5.74, 6) is 1.90. The summed E-state index contributed by atoms with van der Waals surface area (Å²) in [5.41, 5.74) is 7.71. The number of imidazole rings is 1. The van der Waals surface area contributed by atoms with E-state index >= 15 is 0 Å². The summed E-state index contributed by atoms with van der Waals surface area (Å²) in [6.07, 6.45) is 6.39. The molecule has 3 aromatic carbocycles. The van der Waals surface area contributed by atoms with E-state index in [4.69, 9.17) is 9.40 Å². The Bertz CT molecular complexity index is 1420. The van der Waals surface area contributed by atoms with Crippen LogP contribution in [0.3, 0.4) is 0 Å². The summed E-state index contributed by atoms with van der Waals surface area (Å²) in [5, 5.41) is 0. The van der Waals surface area contributed by atoms with Crippen molar-refractivity contribution in [2.24, 2.45) is 7.05 Å². The Morgan fingerprint density at radius 1 is 0.906 bits per heavy atom. The van der Waals surface area contributed by atoms with Crippen LogP contribution in [-0.2, 0) is 7.05 Å². The van der Waals surface area contributed by atoms with Crippen molar-refractivity contribution < 1.29 is 8.98 Å². The van der Waals surface area contributed by atoms with Gasteiger partial charge in [-0.15, -0.1) is 0 Å². The van der Waals surface area contributed by atoms with Gasteiger partial charge in [-0.25, -0.2) is 14.1 Å². The maximum absolute atomic E-state index is 6.48. The van der Waals surface area contributed by atoms with E-state index in [0.29, 0.717) is 11.9 Å². The highest BCUT2D eigenvalue weighted by molar-refractivity contribution is 5.92. The number of aryl methyl sites for hydroxylation is 2. The Labute approximate surface area is 188 Å². The van der Waals surface area contributed by atoms with Gasteiger partial charge in [-0.05, 0) is 68.5 Å². The van der Waals surface area contributed by atoms with Gasteiger partial charge in [0.05, 0.1) is 7.05 Å². The second kappa shape index (κ2) is 7.63. The minimum absolute atomic E-state index is 0.510. The predicted molar refractivity (Wildman–Crippen MR) is 128 cm³/mol. The molecule has 32 heavy (non-hydrogen) atoms. The van der Waals surface area contributed by atoms with Crippen molar-refractivity contribution in [1.82, 2.24) is 9.55 Å². The van der Waals surface area contributed by atoms with Crippen molar-refractivity contribution in [3.05, 3.63) is 72.3 Å². The standard InChI is InChI=1S/C28H28N3O/c1-19-17-18-22-26(32-27(29-22)20-11-5-3-6-12-20)25(19)28-30(2)23-15-9-10-16-24(23)31(28)21-13-7-4-8-14-21/h3,5-6,9-12,15-18,21H,4,7-8,13-14H2,1-2H3/q+1. The van der Waals surface area contributed by atoms with Gasteiger partial charge >= 0.3 is 0 Å². The smallest absolute Gasteiger partial charge is 0.294 e. The molecule has 1 aliphatic carbocycles. The van der Waals surface area contributed by atoms with Crippen molar-refractivity contribution in [2.75, 3.05) is 0 Å². The number of hydrogen-bond acceptors (Lipinski definition) is 2. The molecule has 0 unspecified atom stereocenters. The summed E-state index contributed by atoms with van der Waals surface area (Å²) >= 11 is 0. The number of rotatable bonds is 3.